The number of carbonyl (C=O) groups is 2. The van der Waals surface area contributed by atoms with E-state index in [1.54, 1.807) is 18.3 Å². The van der Waals surface area contributed by atoms with Crippen molar-refractivity contribution in [3.8, 4) is 0 Å². The maximum absolute atomic E-state index is 11.9. The molecule has 0 spiro atoms. The second-order valence-electron chi connectivity index (χ2n) is 8.78. The molecule has 2 fully saturated rings. The van der Waals surface area contributed by atoms with Gasteiger partial charge in [-0.3, -0.25) is 14.6 Å². The summed E-state index contributed by atoms with van der Waals surface area (Å²) >= 11 is 1.02. The zero-order valence-corrected chi connectivity index (χ0v) is 19.2. The van der Waals surface area contributed by atoms with Crippen molar-refractivity contribution in [1.29, 1.82) is 0 Å². The molecule has 0 unspecified atom stereocenters. The third-order valence-electron chi connectivity index (χ3n) is 6.42. The minimum atomic E-state index is -0.115. The molecule has 0 amide bonds. The minimum absolute atomic E-state index is 0.0112. The van der Waals surface area contributed by atoms with E-state index >= 15 is 0 Å². The van der Waals surface area contributed by atoms with Crippen LogP contribution in [0.15, 0.2) is 53.7 Å². The maximum atomic E-state index is 11.9. The van der Waals surface area contributed by atoms with Gasteiger partial charge >= 0.3 is 0 Å². The number of nitrogens with one attached hydrogen (secondary N) is 1. The number of para-hydroxylation sites is 1. The van der Waals surface area contributed by atoms with Crippen molar-refractivity contribution < 1.29 is 9.59 Å². The Kier molecular flexibility index (Phi) is 6.60. The summed E-state index contributed by atoms with van der Waals surface area (Å²) in [5.41, 5.74) is 3.02. The van der Waals surface area contributed by atoms with Crippen LogP contribution >= 0.6 is 11.8 Å². The molecule has 5 rings (SSSR count). The Morgan fingerprint density at radius 3 is 2.67 bits per heavy atom. The van der Waals surface area contributed by atoms with E-state index in [0.29, 0.717) is 22.6 Å². The molecule has 1 N–H and O–H groups in total. The largest absolute Gasteiger partial charge is 0.310 e. The predicted octanol–water partition coefficient (Wildman–Crippen LogP) is 4.49. The van der Waals surface area contributed by atoms with Crippen LogP contribution in [-0.2, 0) is 22.6 Å². The van der Waals surface area contributed by atoms with Crippen LogP contribution in [0.4, 0.5) is 0 Å². The van der Waals surface area contributed by atoms with Crippen LogP contribution in [0, 0.1) is 5.92 Å². The highest BCUT2D eigenvalue weighted by atomic mass is 32.2. The molecule has 2 aromatic heterocycles. The van der Waals surface area contributed by atoms with Gasteiger partial charge in [0.1, 0.15) is 5.82 Å². The Balaban J connectivity index is 1.14. The van der Waals surface area contributed by atoms with Gasteiger partial charge in [0.25, 0.3) is 0 Å². The zero-order chi connectivity index (χ0) is 22.6. The molecule has 7 heteroatoms. The average Bonchev–Trinajstić information content (AvgIpc) is 3.15. The molecule has 1 aromatic carbocycles. The molecule has 1 aliphatic carbocycles. The third kappa shape index (κ3) is 5.37. The molecule has 33 heavy (non-hydrogen) atoms. The number of carbonyl (C=O) groups excluding carboxylic acids is 2. The van der Waals surface area contributed by atoms with Crippen molar-refractivity contribution >= 4 is 39.6 Å². The Labute approximate surface area is 197 Å². The van der Waals surface area contributed by atoms with Crippen molar-refractivity contribution in [2.75, 3.05) is 0 Å². The number of nitrogens with zero attached hydrogens (tertiary/aromatic N) is 3. The molecular weight excluding hydrogens is 432 g/mol. The topological polar surface area (TPSA) is 84.8 Å². The standard InChI is InChI=1S/C26H26N4O2S/c31-22-15-25(32)33-23(22)14-21-10-12-27-24(30-21)13-17-6-8-20(9-7-17)29-16-19-4-1-3-18-5-2-11-28-26(18)19/h1-5,10-12,14,17,20,29H,6-9,13,15-16H2/b23-14-. The van der Waals surface area contributed by atoms with Gasteiger partial charge in [0.2, 0.25) is 5.12 Å². The summed E-state index contributed by atoms with van der Waals surface area (Å²) in [5.74, 6) is 1.26. The van der Waals surface area contributed by atoms with Crippen LogP contribution in [0.25, 0.3) is 17.0 Å². The van der Waals surface area contributed by atoms with Crippen LogP contribution in [0.5, 0.6) is 0 Å². The molecule has 3 heterocycles. The fourth-order valence-electron chi connectivity index (χ4n) is 4.66. The van der Waals surface area contributed by atoms with Crippen LogP contribution in [0.3, 0.4) is 0 Å². The molecule has 1 saturated heterocycles. The van der Waals surface area contributed by atoms with E-state index in [-0.39, 0.29) is 17.3 Å². The highest BCUT2D eigenvalue weighted by molar-refractivity contribution is 8.18. The SMILES string of the molecule is O=C1CC(=O)/C(=C/c2ccnc(CC3CCC(NCc4cccc5cccnc45)CC3)n2)S1. The Hall–Kier alpha value is -2.90. The average molecular weight is 459 g/mol. The van der Waals surface area contributed by atoms with E-state index in [1.807, 2.05) is 12.3 Å². The molecule has 1 aliphatic heterocycles. The Morgan fingerprint density at radius 2 is 1.85 bits per heavy atom. The van der Waals surface area contributed by atoms with E-state index in [9.17, 15) is 9.59 Å². The number of pyridine rings is 1. The molecule has 0 bridgehead atoms. The quantitative estimate of drug-likeness (QED) is 0.430. The number of benzene rings is 1. The third-order valence-corrected chi connectivity index (χ3v) is 7.36. The maximum Gasteiger partial charge on any atom is 0.201 e. The van der Waals surface area contributed by atoms with Crippen molar-refractivity contribution in [2.45, 2.75) is 51.1 Å². The summed E-state index contributed by atoms with van der Waals surface area (Å²) in [5, 5.41) is 4.82. The number of hydrogen-bond donors (Lipinski definition) is 1. The first-order valence-electron chi connectivity index (χ1n) is 11.5. The summed E-state index contributed by atoms with van der Waals surface area (Å²) in [4.78, 5) is 37.4. The first kappa shape index (κ1) is 21.9. The number of hydrogen-bond acceptors (Lipinski definition) is 7. The van der Waals surface area contributed by atoms with Gasteiger partial charge in [-0.2, -0.15) is 0 Å². The second kappa shape index (κ2) is 9.93. The van der Waals surface area contributed by atoms with Gasteiger partial charge < -0.3 is 5.32 Å². The summed E-state index contributed by atoms with van der Waals surface area (Å²) in [7, 11) is 0. The monoisotopic (exact) mass is 458 g/mol. The van der Waals surface area contributed by atoms with Crippen molar-refractivity contribution in [1.82, 2.24) is 20.3 Å². The molecule has 0 radical (unpaired) electrons. The number of fused-ring (bicyclic) bond motifs is 1. The number of ketones is 1. The first-order chi connectivity index (χ1) is 16.1. The van der Waals surface area contributed by atoms with E-state index in [0.717, 1.165) is 61.8 Å². The number of rotatable bonds is 6. The van der Waals surface area contributed by atoms with E-state index in [4.69, 9.17) is 0 Å². The predicted molar refractivity (Wildman–Crippen MR) is 130 cm³/mol. The van der Waals surface area contributed by atoms with Crippen molar-refractivity contribution in [3.05, 3.63) is 70.8 Å². The van der Waals surface area contributed by atoms with Gasteiger partial charge in [0, 0.05) is 36.8 Å². The fraction of sp³-hybridized carbons (Fsp3) is 0.346. The van der Waals surface area contributed by atoms with Gasteiger partial charge in [-0.05, 0) is 67.1 Å². The van der Waals surface area contributed by atoms with Gasteiger partial charge in [0.05, 0.1) is 22.5 Å². The molecular formula is C26H26N4O2S. The summed E-state index contributed by atoms with van der Waals surface area (Å²) in [6.07, 6.45) is 10.7. The lowest BCUT2D eigenvalue weighted by molar-refractivity contribution is -0.119. The van der Waals surface area contributed by atoms with Crippen LogP contribution in [0.2, 0.25) is 0 Å². The summed E-state index contributed by atoms with van der Waals surface area (Å²) in [6, 6.07) is 12.7. The van der Waals surface area contributed by atoms with Gasteiger partial charge in [-0.25, -0.2) is 9.97 Å². The van der Waals surface area contributed by atoms with Gasteiger partial charge in [-0.1, -0.05) is 24.3 Å². The summed E-state index contributed by atoms with van der Waals surface area (Å²) < 4.78 is 0. The molecule has 1 saturated carbocycles. The molecule has 168 valence electrons. The van der Waals surface area contributed by atoms with E-state index in [1.165, 1.54) is 10.9 Å². The van der Waals surface area contributed by atoms with Gasteiger partial charge in [0.15, 0.2) is 5.78 Å². The molecule has 6 nitrogen and oxygen atoms in total. The van der Waals surface area contributed by atoms with E-state index in [2.05, 4.69) is 44.5 Å². The molecule has 0 atom stereocenters. The zero-order valence-electron chi connectivity index (χ0n) is 18.4. The van der Waals surface area contributed by atoms with Crippen LogP contribution in [0.1, 0.15) is 49.2 Å². The lowest BCUT2D eigenvalue weighted by Crippen LogP contribution is -2.33. The normalized spacial score (nSPS) is 22.4. The molecule has 3 aromatic rings. The Morgan fingerprint density at radius 1 is 1.00 bits per heavy atom. The lowest BCUT2D eigenvalue weighted by atomic mass is 9.84. The number of Topliss-reactive ketones (excluding diaryl/α,β-unsaturated/α-hetero) is 1. The number of allylic oxidation sites excluding steroid dienone is 1. The fourth-order valence-corrected chi connectivity index (χ4v) is 5.48. The van der Waals surface area contributed by atoms with Crippen molar-refractivity contribution in [3.63, 3.8) is 0 Å². The molecule has 2 aliphatic rings. The van der Waals surface area contributed by atoms with Gasteiger partial charge in [-0.15, -0.1) is 0 Å². The summed E-state index contributed by atoms with van der Waals surface area (Å²) in [6.45, 7) is 0.836. The smallest absolute Gasteiger partial charge is 0.201 e. The highest BCUT2D eigenvalue weighted by Crippen LogP contribution is 2.31. The van der Waals surface area contributed by atoms with E-state index < -0.39 is 0 Å². The number of thioether (sulfide) groups is 1. The van der Waals surface area contributed by atoms with Crippen molar-refractivity contribution in [2.24, 2.45) is 5.92 Å². The van der Waals surface area contributed by atoms with Crippen LogP contribution in [-0.4, -0.2) is 31.9 Å². The number of aromatic nitrogens is 3. The lowest BCUT2D eigenvalue weighted by Gasteiger charge is -2.29. The Bertz CT molecular complexity index is 1210. The van der Waals surface area contributed by atoms with Crippen LogP contribution < -0.4 is 5.32 Å². The second-order valence-corrected chi connectivity index (χ2v) is 9.87. The highest BCUT2D eigenvalue weighted by Gasteiger charge is 2.26. The first-order valence-corrected chi connectivity index (χ1v) is 12.3. The minimum Gasteiger partial charge on any atom is -0.310 e.